The van der Waals surface area contributed by atoms with E-state index in [2.05, 4.69) is 65.2 Å². The van der Waals surface area contributed by atoms with Crippen LogP contribution in [-0.2, 0) is 20.8 Å². The molecule has 0 heterocycles. The first-order chi connectivity index (χ1) is 15.3. The molecule has 0 saturated heterocycles. The first kappa shape index (κ1) is 21.4. The summed E-state index contributed by atoms with van der Waals surface area (Å²) in [4.78, 5) is 24.2. The van der Waals surface area contributed by atoms with Gasteiger partial charge in [0.05, 0.1) is 7.11 Å². The molecule has 4 aromatic carbocycles. The van der Waals surface area contributed by atoms with E-state index in [-0.39, 0.29) is 5.70 Å². The minimum atomic E-state index is -0.723. The standard InChI is InChI=1S/C26H26N2O4/c1-26(2,3)32-25(30)28-21(24(29)31-4)15-27-14-19-11-10-18-9-8-16-6-5-7-17-12-13-20(19)23(18)22(16)17/h5-13,15,27H,14H2,1-4H3,(H,28,30)/b21-15+. The predicted octanol–water partition coefficient (Wildman–Crippen LogP) is 5.21. The Morgan fingerprint density at radius 3 is 2.19 bits per heavy atom. The maximum Gasteiger partial charge on any atom is 0.412 e. The van der Waals surface area contributed by atoms with E-state index in [4.69, 9.17) is 9.47 Å². The van der Waals surface area contributed by atoms with Crippen LogP contribution in [-0.4, -0.2) is 24.8 Å². The summed E-state index contributed by atoms with van der Waals surface area (Å²) in [5, 5.41) is 12.8. The SMILES string of the molecule is COC(=O)/C(=C\NCc1ccc2ccc3cccc4ccc1c2c34)NC(=O)OC(C)(C)C. The summed E-state index contributed by atoms with van der Waals surface area (Å²) in [6.45, 7) is 5.71. The number of methoxy groups -OCH3 is 1. The van der Waals surface area contributed by atoms with Gasteiger partial charge in [0.15, 0.2) is 0 Å². The minimum absolute atomic E-state index is 0.0283. The summed E-state index contributed by atoms with van der Waals surface area (Å²) < 4.78 is 10.00. The zero-order valence-electron chi connectivity index (χ0n) is 18.6. The molecule has 4 aromatic rings. The van der Waals surface area contributed by atoms with Crippen LogP contribution >= 0.6 is 0 Å². The van der Waals surface area contributed by atoms with Crippen molar-refractivity contribution in [3.8, 4) is 0 Å². The van der Waals surface area contributed by atoms with Crippen LogP contribution in [0.1, 0.15) is 26.3 Å². The number of ether oxygens (including phenoxy) is 2. The Morgan fingerprint density at radius 1 is 0.906 bits per heavy atom. The van der Waals surface area contributed by atoms with E-state index in [9.17, 15) is 9.59 Å². The highest BCUT2D eigenvalue weighted by Crippen LogP contribution is 2.35. The van der Waals surface area contributed by atoms with Gasteiger partial charge in [0.1, 0.15) is 11.3 Å². The number of alkyl carbamates (subject to hydrolysis) is 1. The molecular weight excluding hydrogens is 404 g/mol. The molecule has 4 rings (SSSR count). The van der Waals surface area contributed by atoms with Gasteiger partial charge in [0, 0.05) is 12.7 Å². The van der Waals surface area contributed by atoms with Gasteiger partial charge >= 0.3 is 12.1 Å². The molecule has 0 aliphatic heterocycles. The fourth-order valence-electron chi connectivity index (χ4n) is 3.88. The number of esters is 1. The predicted molar refractivity (Wildman–Crippen MR) is 126 cm³/mol. The number of hydrogen-bond donors (Lipinski definition) is 2. The molecule has 0 fully saturated rings. The second-order valence-corrected chi connectivity index (χ2v) is 8.64. The van der Waals surface area contributed by atoms with Gasteiger partial charge in [-0.1, -0.05) is 54.6 Å². The number of nitrogens with one attached hydrogen (secondary N) is 2. The summed E-state index contributed by atoms with van der Waals surface area (Å²) >= 11 is 0. The number of hydrogen-bond acceptors (Lipinski definition) is 5. The third-order valence-electron chi connectivity index (χ3n) is 5.20. The van der Waals surface area contributed by atoms with Crippen molar-refractivity contribution in [2.75, 3.05) is 7.11 Å². The topological polar surface area (TPSA) is 76.7 Å². The Labute approximate surface area is 186 Å². The normalized spacial score (nSPS) is 12.3. The summed E-state index contributed by atoms with van der Waals surface area (Å²) in [6.07, 6.45) is 0.715. The van der Waals surface area contributed by atoms with Gasteiger partial charge in [0.2, 0.25) is 0 Å². The molecule has 0 bridgehead atoms. The van der Waals surface area contributed by atoms with Crippen LogP contribution in [0.2, 0.25) is 0 Å². The van der Waals surface area contributed by atoms with Crippen molar-refractivity contribution in [3.63, 3.8) is 0 Å². The first-order valence-electron chi connectivity index (χ1n) is 10.4. The molecule has 0 spiro atoms. The zero-order chi connectivity index (χ0) is 22.9. The Bertz CT molecular complexity index is 1320. The molecule has 0 saturated carbocycles. The Kier molecular flexibility index (Phi) is 5.61. The summed E-state index contributed by atoms with van der Waals surface area (Å²) in [5.41, 5.74) is 0.369. The van der Waals surface area contributed by atoms with E-state index in [0.29, 0.717) is 6.54 Å². The zero-order valence-corrected chi connectivity index (χ0v) is 18.6. The van der Waals surface area contributed by atoms with Crippen LogP contribution in [0, 0.1) is 0 Å². The highest BCUT2D eigenvalue weighted by atomic mass is 16.6. The molecule has 6 nitrogen and oxygen atoms in total. The molecular formula is C26H26N2O4. The summed E-state index contributed by atoms with van der Waals surface area (Å²) in [5.74, 6) is -0.668. The van der Waals surface area contributed by atoms with Crippen molar-refractivity contribution in [3.05, 3.63) is 72.1 Å². The molecule has 0 atom stereocenters. The molecule has 0 aromatic heterocycles. The van der Waals surface area contributed by atoms with Gasteiger partial charge in [-0.25, -0.2) is 9.59 Å². The first-order valence-corrected chi connectivity index (χ1v) is 10.4. The lowest BCUT2D eigenvalue weighted by molar-refractivity contribution is -0.136. The van der Waals surface area contributed by atoms with Gasteiger partial charge < -0.3 is 14.8 Å². The van der Waals surface area contributed by atoms with Crippen molar-refractivity contribution >= 4 is 44.4 Å². The van der Waals surface area contributed by atoms with Crippen molar-refractivity contribution in [2.24, 2.45) is 0 Å². The van der Waals surface area contributed by atoms with Crippen LogP contribution < -0.4 is 10.6 Å². The van der Waals surface area contributed by atoms with E-state index in [0.717, 1.165) is 10.9 Å². The molecule has 0 radical (unpaired) electrons. The summed E-state index contributed by atoms with van der Waals surface area (Å²) in [6, 6.07) is 19.0. The largest absolute Gasteiger partial charge is 0.464 e. The fraction of sp³-hybridized carbons (Fsp3) is 0.231. The number of amides is 1. The van der Waals surface area contributed by atoms with Crippen molar-refractivity contribution in [2.45, 2.75) is 32.9 Å². The summed E-state index contributed by atoms with van der Waals surface area (Å²) in [7, 11) is 1.26. The smallest absolute Gasteiger partial charge is 0.412 e. The van der Waals surface area contributed by atoms with Gasteiger partial charge in [-0.3, -0.25) is 5.32 Å². The molecule has 0 aliphatic carbocycles. The van der Waals surface area contributed by atoms with Gasteiger partial charge in [-0.15, -0.1) is 0 Å². The minimum Gasteiger partial charge on any atom is -0.464 e. The van der Waals surface area contributed by atoms with Crippen LogP contribution in [0.5, 0.6) is 0 Å². The lowest BCUT2D eigenvalue weighted by Crippen LogP contribution is -2.35. The molecule has 0 unspecified atom stereocenters. The Morgan fingerprint density at radius 2 is 1.53 bits per heavy atom. The van der Waals surface area contributed by atoms with Crippen LogP contribution in [0.25, 0.3) is 32.3 Å². The Balaban J connectivity index is 1.61. The maximum absolute atomic E-state index is 12.1. The lowest BCUT2D eigenvalue weighted by atomic mass is 9.92. The van der Waals surface area contributed by atoms with Gasteiger partial charge in [-0.05, 0) is 58.7 Å². The quantitative estimate of drug-likeness (QED) is 0.258. The van der Waals surface area contributed by atoms with E-state index < -0.39 is 17.7 Å². The van der Waals surface area contributed by atoms with Crippen molar-refractivity contribution < 1.29 is 19.1 Å². The second kappa shape index (κ2) is 8.38. The molecule has 2 N–H and O–H groups in total. The molecule has 32 heavy (non-hydrogen) atoms. The number of carbonyl (C=O) groups excluding carboxylic acids is 2. The van der Waals surface area contributed by atoms with Gasteiger partial charge in [-0.2, -0.15) is 0 Å². The monoisotopic (exact) mass is 430 g/mol. The number of carbonyl (C=O) groups is 2. The van der Waals surface area contributed by atoms with E-state index >= 15 is 0 Å². The van der Waals surface area contributed by atoms with E-state index in [1.54, 1.807) is 20.8 Å². The number of rotatable bonds is 5. The molecule has 0 aliphatic rings. The molecule has 1 amide bonds. The van der Waals surface area contributed by atoms with Crippen LogP contribution in [0.3, 0.4) is 0 Å². The van der Waals surface area contributed by atoms with Crippen LogP contribution in [0.4, 0.5) is 4.79 Å². The van der Waals surface area contributed by atoms with Gasteiger partial charge in [0.25, 0.3) is 0 Å². The Hall–Kier alpha value is -3.80. The van der Waals surface area contributed by atoms with Crippen molar-refractivity contribution in [1.29, 1.82) is 0 Å². The highest BCUT2D eigenvalue weighted by molar-refractivity contribution is 6.23. The molecule has 6 heteroatoms. The average Bonchev–Trinajstić information content (AvgIpc) is 2.75. The fourth-order valence-corrected chi connectivity index (χ4v) is 3.88. The average molecular weight is 431 g/mol. The maximum atomic E-state index is 12.1. The van der Waals surface area contributed by atoms with Crippen molar-refractivity contribution in [1.82, 2.24) is 10.6 Å². The third kappa shape index (κ3) is 4.30. The number of benzene rings is 4. The second-order valence-electron chi connectivity index (χ2n) is 8.64. The van der Waals surface area contributed by atoms with Crippen LogP contribution in [0.15, 0.2) is 66.5 Å². The highest BCUT2D eigenvalue weighted by Gasteiger charge is 2.20. The van der Waals surface area contributed by atoms with E-state index in [1.165, 1.54) is 40.2 Å². The molecule has 164 valence electrons. The lowest BCUT2D eigenvalue weighted by Gasteiger charge is -2.20. The van der Waals surface area contributed by atoms with E-state index in [1.807, 2.05) is 0 Å². The third-order valence-corrected chi connectivity index (χ3v) is 5.20.